The highest BCUT2D eigenvalue weighted by atomic mass is 16.5. The van der Waals surface area contributed by atoms with E-state index in [2.05, 4.69) is 23.5 Å². The Morgan fingerprint density at radius 2 is 2.00 bits per heavy atom. The zero-order chi connectivity index (χ0) is 13.3. The molecule has 0 spiro atoms. The van der Waals surface area contributed by atoms with E-state index in [0.717, 1.165) is 32.8 Å². The van der Waals surface area contributed by atoms with Crippen LogP contribution in [0.2, 0.25) is 0 Å². The van der Waals surface area contributed by atoms with Crippen molar-refractivity contribution in [2.45, 2.75) is 32.1 Å². The molecule has 1 aliphatic carbocycles. The predicted molar refractivity (Wildman–Crippen MR) is 78.9 cm³/mol. The molecule has 0 atom stereocenters. The Morgan fingerprint density at radius 1 is 1.11 bits per heavy atom. The molecule has 0 saturated heterocycles. The quantitative estimate of drug-likeness (QED) is 0.731. The van der Waals surface area contributed by atoms with Gasteiger partial charge >= 0.3 is 0 Å². The second-order valence-electron chi connectivity index (χ2n) is 5.04. The molecule has 3 nitrogen and oxygen atoms in total. The first-order valence-electron chi connectivity index (χ1n) is 7.33. The number of fused-ring (bicyclic) bond motifs is 1. The zero-order valence-corrected chi connectivity index (χ0v) is 11.9. The number of benzene rings is 1. The van der Waals surface area contributed by atoms with Crippen molar-refractivity contribution in [3.63, 3.8) is 0 Å². The highest BCUT2D eigenvalue weighted by molar-refractivity contribution is 5.55. The fourth-order valence-corrected chi connectivity index (χ4v) is 2.61. The maximum atomic E-state index is 5.56. The lowest BCUT2D eigenvalue weighted by atomic mass is 9.90. The Kier molecular flexibility index (Phi) is 6.18. The number of hydrogen-bond donors (Lipinski definition) is 1. The van der Waals surface area contributed by atoms with Crippen LogP contribution >= 0.6 is 0 Å². The van der Waals surface area contributed by atoms with Crippen LogP contribution in [-0.2, 0) is 22.3 Å². The van der Waals surface area contributed by atoms with Crippen LogP contribution in [-0.4, -0.2) is 33.5 Å². The first-order valence-corrected chi connectivity index (χ1v) is 7.33. The van der Waals surface area contributed by atoms with Gasteiger partial charge in [-0.2, -0.15) is 0 Å². The summed E-state index contributed by atoms with van der Waals surface area (Å²) < 4.78 is 10.5. The van der Waals surface area contributed by atoms with E-state index in [1.807, 2.05) is 0 Å². The minimum atomic E-state index is 0.757. The van der Waals surface area contributed by atoms with Gasteiger partial charge in [-0.15, -0.1) is 0 Å². The molecule has 1 aromatic rings. The van der Waals surface area contributed by atoms with E-state index in [0.29, 0.717) is 0 Å². The van der Waals surface area contributed by atoms with Gasteiger partial charge in [0.15, 0.2) is 0 Å². The molecule has 3 heteroatoms. The molecule has 0 aromatic heterocycles. The van der Waals surface area contributed by atoms with Crippen molar-refractivity contribution in [1.29, 1.82) is 0 Å². The van der Waals surface area contributed by atoms with Gasteiger partial charge in [-0.1, -0.05) is 12.1 Å². The van der Waals surface area contributed by atoms with Crippen molar-refractivity contribution in [2.24, 2.45) is 0 Å². The van der Waals surface area contributed by atoms with E-state index in [-0.39, 0.29) is 0 Å². The summed E-state index contributed by atoms with van der Waals surface area (Å²) in [4.78, 5) is 0. The average Bonchev–Trinajstić information content (AvgIpc) is 2.46. The van der Waals surface area contributed by atoms with Crippen LogP contribution in [0.1, 0.15) is 30.4 Å². The van der Waals surface area contributed by atoms with Gasteiger partial charge in [0.25, 0.3) is 0 Å². The fraction of sp³-hybridized carbons (Fsp3) is 0.625. The van der Waals surface area contributed by atoms with Crippen LogP contribution in [0.5, 0.6) is 0 Å². The number of nitrogens with one attached hydrogen (secondary N) is 1. The van der Waals surface area contributed by atoms with Crippen molar-refractivity contribution in [3.8, 4) is 0 Å². The lowest BCUT2D eigenvalue weighted by Crippen LogP contribution is -2.13. The Hall–Kier alpha value is -1.06. The van der Waals surface area contributed by atoms with Gasteiger partial charge in [0.2, 0.25) is 0 Å². The standard InChI is InChI=1S/C16H25NO2/c1-18-11-5-12-19-13-10-17-16-9-4-7-14-6-2-3-8-15(14)16/h4,7,9,17H,2-3,5-6,8,10-13H2,1H3. The molecule has 1 N–H and O–H groups in total. The second kappa shape index (κ2) is 8.18. The van der Waals surface area contributed by atoms with Crippen molar-refractivity contribution in [3.05, 3.63) is 29.3 Å². The van der Waals surface area contributed by atoms with Crippen LogP contribution in [0.3, 0.4) is 0 Å². The Labute approximate surface area is 116 Å². The molecule has 2 rings (SSSR count). The molecular weight excluding hydrogens is 238 g/mol. The van der Waals surface area contributed by atoms with E-state index in [1.54, 1.807) is 7.11 Å². The van der Waals surface area contributed by atoms with Gasteiger partial charge < -0.3 is 14.8 Å². The molecule has 0 heterocycles. The van der Waals surface area contributed by atoms with Gasteiger partial charge in [-0.25, -0.2) is 0 Å². The maximum absolute atomic E-state index is 5.56. The SMILES string of the molecule is COCCCOCCNc1cccc2c1CCCC2. The smallest absolute Gasteiger partial charge is 0.0639 e. The highest BCUT2D eigenvalue weighted by Crippen LogP contribution is 2.27. The van der Waals surface area contributed by atoms with Crippen LogP contribution in [0, 0.1) is 0 Å². The third-order valence-electron chi connectivity index (χ3n) is 3.59. The van der Waals surface area contributed by atoms with Gasteiger partial charge in [0.1, 0.15) is 0 Å². The third kappa shape index (κ3) is 4.51. The zero-order valence-electron chi connectivity index (χ0n) is 11.9. The second-order valence-corrected chi connectivity index (χ2v) is 5.04. The van der Waals surface area contributed by atoms with Gasteiger partial charge in [0, 0.05) is 32.6 Å². The largest absolute Gasteiger partial charge is 0.385 e. The van der Waals surface area contributed by atoms with Gasteiger partial charge in [-0.3, -0.25) is 0 Å². The lowest BCUT2D eigenvalue weighted by molar-refractivity contribution is 0.109. The normalized spacial score (nSPS) is 14.2. The third-order valence-corrected chi connectivity index (χ3v) is 3.59. The maximum Gasteiger partial charge on any atom is 0.0639 e. The van der Waals surface area contributed by atoms with Crippen molar-refractivity contribution in [2.75, 3.05) is 38.8 Å². The molecule has 0 saturated carbocycles. The summed E-state index contributed by atoms with van der Waals surface area (Å²) in [6.45, 7) is 3.19. The summed E-state index contributed by atoms with van der Waals surface area (Å²) in [6.07, 6.45) is 6.07. The summed E-state index contributed by atoms with van der Waals surface area (Å²) in [5.41, 5.74) is 4.35. The number of hydrogen-bond acceptors (Lipinski definition) is 3. The molecule has 0 aliphatic heterocycles. The summed E-state index contributed by atoms with van der Waals surface area (Å²) in [6, 6.07) is 6.61. The number of anilines is 1. The van der Waals surface area contributed by atoms with Crippen LogP contribution in [0.15, 0.2) is 18.2 Å². The molecule has 0 bridgehead atoms. The number of methoxy groups -OCH3 is 1. The number of rotatable bonds is 8. The summed E-state index contributed by atoms with van der Waals surface area (Å²) in [7, 11) is 1.72. The molecule has 19 heavy (non-hydrogen) atoms. The van der Waals surface area contributed by atoms with E-state index in [9.17, 15) is 0 Å². The van der Waals surface area contributed by atoms with E-state index >= 15 is 0 Å². The monoisotopic (exact) mass is 263 g/mol. The highest BCUT2D eigenvalue weighted by Gasteiger charge is 2.12. The molecule has 0 fully saturated rings. The van der Waals surface area contributed by atoms with Crippen LogP contribution in [0.25, 0.3) is 0 Å². The predicted octanol–water partition coefficient (Wildman–Crippen LogP) is 3.03. The summed E-state index contributed by atoms with van der Waals surface area (Å²) >= 11 is 0. The Balaban J connectivity index is 1.71. The summed E-state index contributed by atoms with van der Waals surface area (Å²) in [5, 5.41) is 3.51. The van der Waals surface area contributed by atoms with Crippen molar-refractivity contribution < 1.29 is 9.47 Å². The minimum absolute atomic E-state index is 0.757. The van der Waals surface area contributed by atoms with E-state index < -0.39 is 0 Å². The first kappa shape index (κ1) is 14.4. The van der Waals surface area contributed by atoms with Crippen LogP contribution < -0.4 is 5.32 Å². The fourth-order valence-electron chi connectivity index (χ4n) is 2.61. The molecule has 1 aromatic carbocycles. The topological polar surface area (TPSA) is 30.5 Å². The minimum Gasteiger partial charge on any atom is -0.385 e. The van der Waals surface area contributed by atoms with Gasteiger partial charge in [0.05, 0.1) is 6.61 Å². The van der Waals surface area contributed by atoms with Crippen molar-refractivity contribution >= 4 is 5.69 Å². The molecular formula is C16H25NO2. The molecule has 0 amide bonds. The van der Waals surface area contributed by atoms with Crippen LogP contribution in [0.4, 0.5) is 5.69 Å². The molecule has 1 aliphatic rings. The summed E-state index contributed by atoms with van der Waals surface area (Å²) in [5.74, 6) is 0. The lowest BCUT2D eigenvalue weighted by Gasteiger charge is -2.20. The van der Waals surface area contributed by atoms with Gasteiger partial charge in [-0.05, 0) is 49.3 Å². The van der Waals surface area contributed by atoms with E-state index in [1.165, 1.54) is 42.5 Å². The first-order chi connectivity index (χ1) is 9.42. The average molecular weight is 263 g/mol. The number of ether oxygens (including phenoxy) is 2. The molecule has 106 valence electrons. The molecule has 0 unspecified atom stereocenters. The van der Waals surface area contributed by atoms with Crippen molar-refractivity contribution in [1.82, 2.24) is 0 Å². The number of aryl methyl sites for hydroxylation is 1. The Morgan fingerprint density at radius 3 is 2.89 bits per heavy atom. The molecule has 0 radical (unpaired) electrons. The van der Waals surface area contributed by atoms with E-state index in [4.69, 9.17) is 9.47 Å². The Bertz CT molecular complexity index is 379.